The van der Waals surface area contributed by atoms with E-state index in [0.29, 0.717) is 0 Å². The molecular weight excluding hydrogens is 701 g/mol. The van der Waals surface area contributed by atoms with Crippen LogP contribution >= 0.6 is 0 Å². The number of benzene rings is 11. The van der Waals surface area contributed by atoms with Crippen LogP contribution in [0.4, 0.5) is 0 Å². The summed E-state index contributed by atoms with van der Waals surface area (Å²) in [6, 6.07) is 74.5. The van der Waals surface area contributed by atoms with Crippen LogP contribution in [0.3, 0.4) is 0 Å². The van der Waals surface area contributed by atoms with Gasteiger partial charge in [0.25, 0.3) is 0 Å². The predicted octanol–water partition coefficient (Wildman–Crippen LogP) is 15.2. The first kappa shape index (κ1) is 32.6. The lowest BCUT2D eigenvalue weighted by Gasteiger charge is -2.16. The van der Waals surface area contributed by atoms with Crippen LogP contribution in [-0.4, -0.2) is 9.97 Å². The fourth-order valence-electron chi connectivity index (χ4n) is 9.30. The van der Waals surface area contributed by atoms with Gasteiger partial charge in [-0.05, 0) is 88.2 Å². The second kappa shape index (κ2) is 12.9. The maximum absolute atomic E-state index is 5.60. The molecule has 1 heterocycles. The van der Waals surface area contributed by atoms with E-state index < -0.39 is 0 Å². The minimum Gasteiger partial charge on any atom is -0.243 e. The van der Waals surface area contributed by atoms with Gasteiger partial charge in [0.1, 0.15) is 0 Å². The quantitative estimate of drug-likeness (QED) is 0.133. The molecule has 12 rings (SSSR count). The Morgan fingerprint density at radius 1 is 0.224 bits per heavy atom. The summed E-state index contributed by atoms with van der Waals surface area (Å²) in [5, 5.41) is 14.5. The summed E-state index contributed by atoms with van der Waals surface area (Å²) in [6.45, 7) is 0. The number of aromatic nitrogens is 2. The summed E-state index contributed by atoms with van der Waals surface area (Å²) in [4.78, 5) is 11.2. The zero-order valence-corrected chi connectivity index (χ0v) is 31.5. The van der Waals surface area contributed by atoms with Crippen molar-refractivity contribution in [1.29, 1.82) is 0 Å². The maximum Gasteiger partial charge on any atom is 0.0979 e. The van der Waals surface area contributed by atoms with Gasteiger partial charge in [0.2, 0.25) is 0 Å². The molecule has 0 aliphatic rings. The lowest BCUT2D eigenvalue weighted by atomic mass is 9.90. The monoisotopic (exact) mass is 734 g/mol. The number of hydrogen-bond donors (Lipinski definition) is 0. The van der Waals surface area contributed by atoms with E-state index in [4.69, 9.17) is 9.97 Å². The van der Waals surface area contributed by atoms with Gasteiger partial charge in [0.15, 0.2) is 0 Å². The highest BCUT2D eigenvalue weighted by Crippen LogP contribution is 2.42. The Labute approximate surface area is 335 Å². The van der Waals surface area contributed by atoms with Crippen molar-refractivity contribution in [2.75, 3.05) is 0 Å². The van der Waals surface area contributed by atoms with Gasteiger partial charge in [-0.2, -0.15) is 0 Å². The zero-order chi connectivity index (χ0) is 38.2. The highest BCUT2D eigenvalue weighted by atomic mass is 14.8. The van der Waals surface area contributed by atoms with Crippen LogP contribution < -0.4 is 0 Å². The molecule has 0 unspecified atom stereocenters. The van der Waals surface area contributed by atoms with E-state index in [2.05, 4.69) is 206 Å². The minimum absolute atomic E-state index is 0.866. The maximum atomic E-state index is 5.60. The molecule has 1 aromatic heterocycles. The summed E-state index contributed by atoms with van der Waals surface area (Å²) >= 11 is 0. The number of hydrogen-bond acceptors (Lipinski definition) is 2. The molecule has 0 amide bonds. The molecule has 11 aromatic carbocycles. The van der Waals surface area contributed by atoms with Gasteiger partial charge in [-0.25, -0.2) is 9.97 Å². The Balaban J connectivity index is 1.08. The number of nitrogens with zero attached hydrogens (tertiary/aromatic N) is 2. The zero-order valence-electron chi connectivity index (χ0n) is 31.5. The van der Waals surface area contributed by atoms with Gasteiger partial charge in [-0.15, -0.1) is 0 Å². The average Bonchev–Trinajstić information content (AvgIpc) is 3.30. The van der Waals surface area contributed by atoms with Gasteiger partial charge in [-0.1, -0.05) is 194 Å². The third-order valence-corrected chi connectivity index (χ3v) is 12.0. The van der Waals surface area contributed by atoms with E-state index in [1.165, 1.54) is 76.1 Å². The second-order valence-electron chi connectivity index (χ2n) is 15.3. The van der Waals surface area contributed by atoms with Crippen molar-refractivity contribution in [3.63, 3.8) is 0 Å². The Morgan fingerprint density at radius 2 is 0.483 bits per heavy atom. The molecule has 0 aliphatic carbocycles. The molecule has 0 radical (unpaired) electrons. The highest BCUT2D eigenvalue weighted by molar-refractivity contribution is 6.23. The van der Waals surface area contributed by atoms with Crippen LogP contribution in [0.15, 0.2) is 206 Å². The fourth-order valence-corrected chi connectivity index (χ4v) is 9.30. The molecule has 0 spiro atoms. The first-order valence-corrected chi connectivity index (χ1v) is 19.9. The Morgan fingerprint density at radius 3 is 0.810 bits per heavy atom. The topological polar surface area (TPSA) is 25.8 Å². The summed E-state index contributed by atoms with van der Waals surface area (Å²) in [6.07, 6.45) is 0. The van der Waals surface area contributed by atoms with E-state index in [9.17, 15) is 0 Å². The van der Waals surface area contributed by atoms with E-state index in [0.717, 1.165) is 44.3 Å². The third kappa shape index (κ3) is 5.05. The lowest BCUT2D eigenvalue weighted by Crippen LogP contribution is -1.98. The molecule has 2 heteroatoms. The van der Waals surface area contributed by atoms with Crippen LogP contribution in [0.25, 0.3) is 120 Å². The van der Waals surface area contributed by atoms with E-state index in [-0.39, 0.29) is 0 Å². The van der Waals surface area contributed by atoms with E-state index in [1.807, 2.05) is 0 Å². The highest BCUT2D eigenvalue weighted by Gasteiger charge is 2.19. The van der Waals surface area contributed by atoms with Crippen molar-refractivity contribution < 1.29 is 0 Å². The molecule has 0 aliphatic heterocycles. The fraction of sp³-hybridized carbons (Fsp3) is 0. The van der Waals surface area contributed by atoms with Crippen molar-refractivity contribution in [2.45, 2.75) is 0 Å². The third-order valence-electron chi connectivity index (χ3n) is 12.0. The standard InChI is InChI=1S/C56H34N2/c1-5-17-43-39(13-1)33-40-14-2-6-18-44(40)51(43)35-25-29-37(30-26-35)53-54(58-56-50-24-12-10-22-48(50)47-21-9-11-23-49(47)55(56)57-53)38-31-27-36(28-32-38)52-45-19-7-3-15-41(45)34-42-16-4-8-20-46(42)52/h1-34H. The molecule has 58 heavy (non-hydrogen) atoms. The van der Waals surface area contributed by atoms with Crippen LogP contribution in [-0.2, 0) is 0 Å². The molecule has 0 N–H and O–H groups in total. The summed E-state index contributed by atoms with van der Waals surface area (Å²) < 4.78 is 0. The smallest absolute Gasteiger partial charge is 0.0979 e. The lowest BCUT2D eigenvalue weighted by molar-refractivity contribution is 1.31. The number of fused-ring (bicyclic) bond motifs is 10. The van der Waals surface area contributed by atoms with Gasteiger partial charge in [-0.3, -0.25) is 0 Å². The van der Waals surface area contributed by atoms with E-state index in [1.54, 1.807) is 0 Å². The van der Waals surface area contributed by atoms with Crippen LogP contribution in [0.5, 0.6) is 0 Å². The van der Waals surface area contributed by atoms with Crippen molar-refractivity contribution in [2.24, 2.45) is 0 Å². The SMILES string of the molecule is c1ccc2c(-c3ccc(-c4nc5c6ccccc6c6ccccc6c5nc4-c4ccc(-c5c6ccccc6cc6ccccc56)cc4)cc3)c3ccccc3cc2c1. The van der Waals surface area contributed by atoms with Crippen molar-refractivity contribution >= 4 is 75.7 Å². The summed E-state index contributed by atoms with van der Waals surface area (Å²) in [5.74, 6) is 0. The molecule has 268 valence electrons. The molecule has 0 saturated heterocycles. The van der Waals surface area contributed by atoms with Gasteiger partial charge in [0.05, 0.1) is 22.4 Å². The Kier molecular flexibility index (Phi) is 7.26. The van der Waals surface area contributed by atoms with Gasteiger partial charge < -0.3 is 0 Å². The molecule has 12 aromatic rings. The van der Waals surface area contributed by atoms with Gasteiger partial charge >= 0.3 is 0 Å². The molecule has 0 atom stereocenters. The average molecular weight is 735 g/mol. The predicted molar refractivity (Wildman–Crippen MR) is 246 cm³/mol. The number of rotatable bonds is 4. The first-order valence-electron chi connectivity index (χ1n) is 19.9. The van der Waals surface area contributed by atoms with Gasteiger partial charge in [0, 0.05) is 21.9 Å². The first-order chi connectivity index (χ1) is 28.8. The minimum atomic E-state index is 0.866. The molecule has 2 nitrogen and oxygen atoms in total. The van der Waals surface area contributed by atoms with Crippen molar-refractivity contribution in [1.82, 2.24) is 9.97 Å². The normalized spacial score (nSPS) is 11.8. The van der Waals surface area contributed by atoms with Crippen molar-refractivity contribution in [3.05, 3.63) is 206 Å². The van der Waals surface area contributed by atoms with Crippen molar-refractivity contribution in [3.8, 4) is 44.8 Å². The molecular formula is C56H34N2. The molecule has 0 saturated carbocycles. The molecule has 0 bridgehead atoms. The summed E-state index contributed by atoms with van der Waals surface area (Å²) in [7, 11) is 0. The Hall–Kier alpha value is -7.68. The van der Waals surface area contributed by atoms with E-state index >= 15 is 0 Å². The second-order valence-corrected chi connectivity index (χ2v) is 15.3. The Bertz CT molecular complexity index is 3250. The molecule has 0 fully saturated rings. The van der Waals surface area contributed by atoms with Crippen LogP contribution in [0.1, 0.15) is 0 Å². The van der Waals surface area contributed by atoms with Crippen LogP contribution in [0.2, 0.25) is 0 Å². The summed E-state index contributed by atoms with van der Waals surface area (Å²) in [5.41, 5.74) is 10.5. The largest absolute Gasteiger partial charge is 0.243 e. The van der Waals surface area contributed by atoms with Crippen LogP contribution in [0, 0.1) is 0 Å².